The molecule has 7 heteroatoms. The predicted octanol–water partition coefficient (Wildman–Crippen LogP) is 3.34. The molecule has 2 aromatic heterocycles. The van der Waals surface area contributed by atoms with Gasteiger partial charge in [-0.2, -0.15) is 0 Å². The van der Waals surface area contributed by atoms with Gasteiger partial charge in [0, 0.05) is 10.4 Å². The fraction of sp³-hybridized carbons (Fsp3) is 0.188. The molecule has 0 unspecified atom stereocenters. The van der Waals surface area contributed by atoms with Crippen LogP contribution in [0.15, 0.2) is 40.8 Å². The highest BCUT2D eigenvalue weighted by Gasteiger charge is 2.18. The predicted molar refractivity (Wildman–Crippen MR) is 90.4 cm³/mol. The van der Waals surface area contributed by atoms with Crippen molar-refractivity contribution in [2.45, 2.75) is 13.5 Å². The maximum Gasteiger partial charge on any atom is 0.339 e. The lowest BCUT2D eigenvalue weighted by molar-refractivity contribution is 0.0529. The van der Waals surface area contributed by atoms with Crippen LogP contribution in [0.2, 0.25) is 5.02 Å². The lowest BCUT2D eigenvalue weighted by Gasteiger charge is -2.06. The van der Waals surface area contributed by atoms with E-state index >= 15 is 0 Å². The number of fused-ring (bicyclic) bond motifs is 1. The molecule has 0 saturated carbocycles. The molecule has 118 valence electrons. The highest BCUT2D eigenvalue weighted by atomic mass is 35.5. The lowest BCUT2D eigenvalue weighted by atomic mass is 10.2. The first-order valence-corrected chi connectivity index (χ1v) is 8.24. The molecule has 0 aliphatic carbocycles. The van der Waals surface area contributed by atoms with Crippen LogP contribution in [-0.2, 0) is 11.3 Å². The average Bonchev–Trinajstić information content (AvgIpc) is 2.95. The Morgan fingerprint density at radius 1 is 1.43 bits per heavy atom. The van der Waals surface area contributed by atoms with Crippen LogP contribution in [0.3, 0.4) is 0 Å². The van der Waals surface area contributed by atoms with E-state index < -0.39 is 5.97 Å². The van der Waals surface area contributed by atoms with Gasteiger partial charge in [0.1, 0.15) is 4.83 Å². The highest BCUT2D eigenvalue weighted by Crippen LogP contribution is 2.22. The Labute approximate surface area is 141 Å². The molecule has 23 heavy (non-hydrogen) atoms. The number of esters is 1. The smallest absolute Gasteiger partial charge is 0.339 e. The van der Waals surface area contributed by atoms with Gasteiger partial charge in [-0.1, -0.05) is 23.7 Å². The highest BCUT2D eigenvalue weighted by molar-refractivity contribution is 7.17. The molecule has 0 fully saturated rings. The van der Waals surface area contributed by atoms with Crippen molar-refractivity contribution in [1.29, 1.82) is 0 Å². The van der Waals surface area contributed by atoms with E-state index in [1.165, 1.54) is 22.2 Å². The maximum absolute atomic E-state index is 12.7. The fourth-order valence-corrected chi connectivity index (χ4v) is 3.35. The molecule has 3 rings (SSSR count). The van der Waals surface area contributed by atoms with E-state index in [9.17, 15) is 9.59 Å². The Bertz CT molecular complexity index is 932. The largest absolute Gasteiger partial charge is 0.462 e. The molecule has 0 N–H and O–H groups in total. The first kappa shape index (κ1) is 15.7. The van der Waals surface area contributed by atoms with E-state index in [0.29, 0.717) is 21.8 Å². The normalized spacial score (nSPS) is 10.9. The van der Waals surface area contributed by atoms with Crippen LogP contribution in [0, 0.1) is 0 Å². The topological polar surface area (TPSA) is 61.2 Å². The number of ether oxygens (including phenoxy) is 1. The third-order valence-electron chi connectivity index (χ3n) is 3.30. The van der Waals surface area contributed by atoms with Gasteiger partial charge in [-0.3, -0.25) is 9.36 Å². The van der Waals surface area contributed by atoms with Crippen molar-refractivity contribution >= 4 is 39.1 Å². The van der Waals surface area contributed by atoms with E-state index in [4.69, 9.17) is 16.3 Å². The summed E-state index contributed by atoms with van der Waals surface area (Å²) in [6.07, 6.45) is 1.48. The van der Waals surface area contributed by atoms with Gasteiger partial charge in [0.25, 0.3) is 5.56 Å². The number of hydrogen-bond acceptors (Lipinski definition) is 5. The summed E-state index contributed by atoms with van der Waals surface area (Å²) >= 11 is 7.22. The zero-order chi connectivity index (χ0) is 16.4. The molecular formula is C16H13ClN2O3S. The second-order valence-corrected chi connectivity index (χ2v) is 6.15. The molecule has 0 spiro atoms. The molecule has 2 heterocycles. The SMILES string of the molecule is CCOC(=O)c1csc2ncn(Cc3cccc(Cl)c3)c(=O)c12. The van der Waals surface area contributed by atoms with Crippen LogP contribution in [0.4, 0.5) is 0 Å². The minimum absolute atomic E-state index is 0.257. The summed E-state index contributed by atoms with van der Waals surface area (Å²) in [5, 5.41) is 2.52. The van der Waals surface area contributed by atoms with Crippen LogP contribution in [0.1, 0.15) is 22.8 Å². The van der Waals surface area contributed by atoms with Gasteiger partial charge >= 0.3 is 5.97 Å². The molecule has 0 atom stereocenters. The first-order chi connectivity index (χ1) is 11.1. The van der Waals surface area contributed by atoms with E-state index in [-0.39, 0.29) is 17.7 Å². The summed E-state index contributed by atoms with van der Waals surface area (Å²) in [4.78, 5) is 29.5. The Morgan fingerprint density at radius 2 is 2.26 bits per heavy atom. The van der Waals surface area contributed by atoms with Gasteiger partial charge in [0.15, 0.2) is 0 Å². The third kappa shape index (κ3) is 3.13. The second kappa shape index (κ2) is 6.52. The quantitative estimate of drug-likeness (QED) is 0.678. The minimum Gasteiger partial charge on any atom is -0.462 e. The van der Waals surface area contributed by atoms with Crippen molar-refractivity contribution in [2.24, 2.45) is 0 Å². The molecule has 0 saturated heterocycles. The number of carbonyl (C=O) groups excluding carboxylic acids is 1. The Balaban J connectivity index is 2.06. The summed E-state index contributed by atoms with van der Waals surface area (Å²) in [6.45, 7) is 2.32. The number of rotatable bonds is 4. The second-order valence-electron chi connectivity index (χ2n) is 4.86. The first-order valence-electron chi connectivity index (χ1n) is 6.98. The van der Waals surface area contributed by atoms with Crippen molar-refractivity contribution < 1.29 is 9.53 Å². The van der Waals surface area contributed by atoms with Crippen LogP contribution >= 0.6 is 22.9 Å². The van der Waals surface area contributed by atoms with Crippen LogP contribution in [-0.4, -0.2) is 22.1 Å². The van der Waals surface area contributed by atoms with Gasteiger partial charge < -0.3 is 4.74 Å². The molecular weight excluding hydrogens is 336 g/mol. The average molecular weight is 349 g/mol. The van der Waals surface area contributed by atoms with Crippen molar-refractivity contribution in [3.8, 4) is 0 Å². The number of halogens is 1. The number of aromatic nitrogens is 2. The van der Waals surface area contributed by atoms with Crippen molar-refractivity contribution in [3.63, 3.8) is 0 Å². The van der Waals surface area contributed by atoms with Crippen LogP contribution in [0.5, 0.6) is 0 Å². The van der Waals surface area contributed by atoms with Gasteiger partial charge in [0.05, 0.1) is 30.4 Å². The van der Waals surface area contributed by atoms with Gasteiger partial charge in [-0.15, -0.1) is 11.3 Å². The maximum atomic E-state index is 12.7. The van der Waals surface area contributed by atoms with Gasteiger partial charge in [-0.05, 0) is 24.6 Å². The summed E-state index contributed by atoms with van der Waals surface area (Å²) < 4.78 is 6.46. The number of nitrogens with zero attached hydrogens (tertiary/aromatic N) is 2. The molecule has 5 nitrogen and oxygen atoms in total. The Kier molecular flexibility index (Phi) is 4.45. The number of hydrogen-bond donors (Lipinski definition) is 0. The molecule has 0 amide bonds. The standard InChI is InChI=1S/C16H13ClN2O3S/c1-2-22-16(21)12-8-23-14-13(12)15(20)19(9-18-14)7-10-4-3-5-11(17)6-10/h3-6,8-9H,2,7H2,1H3. The number of thiophene rings is 1. The Morgan fingerprint density at radius 3 is 3.00 bits per heavy atom. The van der Waals surface area contributed by atoms with Crippen LogP contribution < -0.4 is 5.56 Å². The summed E-state index contributed by atoms with van der Waals surface area (Å²) in [7, 11) is 0. The molecule has 0 radical (unpaired) electrons. The zero-order valence-corrected chi connectivity index (χ0v) is 13.9. The van der Waals surface area contributed by atoms with E-state index in [1.807, 2.05) is 12.1 Å². The van der Waals surface area contributed by atoms with E-state index in [1.54, 1.807) is 24.4 Å². The summed E-state index contributed by atoms with van der Waals surface area (Å²) in [5.74, 6) is -0.502. The zero-order valence-electron chi connectivity index (χ0n) is 12.3. The summed E-state index contributed by atoms with van der Waals surface area (Å²) in [5.41, 5.74) is 0.887. The molecule has 3 aromatic rings. The van der Waals surface area contributed by atoms with Gasteiger partial charge in [-0.25, -0.2) is 9.78 Å². The van der Waals surface area contributed by atoms with Crippen molar-refractivity contribution in [1.82, 2.24) is 9.55 Å². The number of benzene rings is 1. The minimum atomic E-state index is -0.502. The number of carbonyl (C=O) groups is 1. The molecule has 0 aliphatic heterocycles. The third-order valence-corrected chi connectivity index (χ3v) is 4.42. The van der Waals surface area contributed by atoms with Crippen molar-refractivity contribution in [3.05, 3.63) is 62.5 Å². The van der Waals surface area contributed by atoms with Crippen molar-refractivity contribution in [2.75, 3.05) is 6.61 Å². The van der Waals surface area contributed by atoms with Crippen LogP contribution in [0.25, 0.3) is 10.2 Å². The fourth-order valence-electron chi connectivity index (χ4n) is 2.27. The van der Waals surface area contributed by atoms with E-state index in [2.05, 4.69) is 4.98 Å². The lowest BCUT2D eigenvalue weighted by Crippen LogP contribution is -2.22. The molecule has 0 bridgehead atoms. The monoisotopic (exact) mass is 348 g/mol. The molecule has 1 aromatic carbocycles. The summed E-state index contributed by atoms with van der Waals surface area (Å²) in [6, 6.07) is 7.26. The molecule has 0 aliphatic rings. The van der Waals surface area contributed by atoms with E-state index in [0.717, 1.165) is 5.56 Å². The van der Waals surface area contributed by atoms with Gasteiger partial charge in [0.2, 0.25) is 0 Å². The Hall–Kier alpha value is -2.18.